The van der Waals surface area contributed by atoms with Gasteiger partial charge in [0.2, 0.25) is 0 Å². The largest absolute Gasteiger partial charge is 0.231 e. The Kier molecular flexibility index (Phi) is 3.04. The van der Waals surface area contributed by atoms with E-state index in [0.29, 0.717) is 10.2 Å². The molecule has 1 aromatic carbocycles. The van der Waals surface area contributed by atoms with Crippen LogP contribution in [0.1, 0.15) is 31.2 Å². The third-order valence-corrected chi connectivity index (χ3v) is 3.08. The van der Waals surface area contributed by atoms with E-state index >= 15 is 0 Å². The van der Waals surface area contributed by atoms with Crippen LogP contribution in [0.5, 0.6) is 0 Å². The lowest BCUT2D eigenvalue weighted by Gasteiger charge is -2.09. The fraction of sp³-hybridized carbons (Fsp3) is 0.333. The summed E-state index contributed by atoms with van der Waals surface area (Å²) in [5.74, 6) is 0.962. The molecule has 0 saturated heterocycles. The van der Waals surface area contributed by atoms with Crippen molar-refractivity contribution >= 4 is 34.1 Å². The molecule has 0 amide bonds. The van der Waals surface area contributed by atoms with Gasteiger partial charge in [-0.05, 0) is 18.6 Å². The van der Waals surface area contributed by atoms with Gasteiger partial charge < -0.3 is 0 Å². The zero-order chi connectivity index (χ0) is 11.9. The molecule has 0 unspecified atom stereocenters. The summed E-state index contributed by atoms with van der Waals surface area (Å²) < 4.78 is 0. The van der Waals surface area contributed by atoms with Gasteiger partial charge in [0.15, 0.2) is 0 Å². The highest BCUT2D eigenvalue weighted by molar-refractivity contribution is 6.38. The average Bonchev–Trinajstić information content (AvgIpc) is 2.22. The third kappa shape index (κ3) is 1.87. The molecule has 4 heteroatoms. The Balaban J connectivity index is 2.86. The van der Waals surface area contributed by atoms with E-state index in [1.807, 2.05) is 32.9 Å². The molecule has 0 radical (unpaired) electrons. The zero-order valence-corrected chi connectivity index (χ0v) is 10.9. The number of fused-ring (bicyclic) bond motifs is 1. The maximum atomic E-state index is 6.17. The van der Waals surface area contributed by atoms with Crippen molar-refractivity contribution in [2.75, 3.05) is 0 Å². The second-order valence-electron chi connectivity index (χ2n) is 4.12. The summed E-state index contributed by atoms with van der Waals surface area (Å²) in [4.78, 5) is 8.77. The molecular formula is C12H12Cl2N2. The van der Waals surface area contributed by atoms with Crippen molar-refractivity contribution in [3.63, 3.8) is 0 Å². The predicted molar refractivity (Wildman–Crippen MR) is 68.4 cm³/mol. The molecule has 2 aromatic rings. The number of aryl methyl sites for hydroxylation is 1. The Morgan fingerprint density at radius 2 is 1.81 bits per heavy atom. The van der Waals surface area contributed by atoms with Crippen molar-refractivity contribution < 1.29 is 0 Å². The quantitative estimate of drug-likeness (QED) is 0.707. The van der Waals surface area contributed by atoms with Crippen molar-refractivity contribution in [1.29, 1.82) is 0 Å². The number of hydrogen-bond acceptors (Lipinski definition) is 2. The van der Waals surface area contributed by atoms with Crippen LogP contribution in [0.2, 0.25) is 10.2 Å². The molecule has 2 nitrogen and oxygen atoms in total. The van der Waals surface area contributed by atoms with Crippen LogP contribution in [-0.4, -0.2) is 9.97 Å². The molecule has 0 saturated carbocycles. The minimum Gasteiger partial charge on any atom is -0.231 e. The molecule has 16 heavy (non-hydrogen) atoms. The topological polar surface area (TPSA) is 25.8 Å². The predicted octanol–water partition coefficient (Wildman–Crippen LogP) is 4.37. The van der Waals surface area contributed by atoms with Gasteiger partial charge >= 0.3 is 0 Å². The Morgan fingerprint density at radius 1 is 1.12 bits per heavy atom. The fourth-order valence-electron chi connectivity index (χ4n) is 1.59. The van der Waals surface area contributed by atoms with E-state index in [9.17, 15) is 0 Å². The molecular weight excluding hydrogens is 243 g/mol. The summed E-state index contributed by atoms with van der Waals surface area (Å²) in [5.41, 5.74) is 1.78. The van der Waals surface area contributed by atoms with Crippen molar-refractivity contribution in [3.8, 4) is 0 Å². The number of hydrogen-bond donors (Lipinski definition) is 0. The van der Waals surface area contributed by atoms with E-state index < -0.39 is 0 Å². The van der Waals surface area contributed by atoms with Gasteiger partial charge in [-0.2, -0.15) is 0 Å². The summed E-state index contributed by atoms with van der Waals surface area (Å²) in [5, 5.41) is 1.94. The number of aromatic nitrogens is 2. The van der Waals surface area contributed by atoms with Crippen molar-refractivity contribution in [2.24, 2.45) is 0 Å². The van der Waals surface area contributed by atoms with Gasteiger partial charge in [0.05, 0.1) is 10.5 Å². The van der Waals surface area contributed by atoms with Crippen LogP contribution in [0, 0.1) is 6.92 Å². The molecule has 0 aliphatic heterocycles. The highest BCUT2D eigenvalue weighted by atomic mass is 35.5. The van der Waals surface area contributed by atoms with E-state index in [1.54, 1.807) is 0 Å². The summed E-state index contributed by atoms with van der Waals surface area (Å²) in [7, 11) is 0. The lowest BCUT2D eigenvalue weighted by Crippen LogP contribution is -1.99. The molecule has 0 aliphatic carbocycles. The number of rotatable bonds is 1. The average molecular weight is 255 g/mol. The normalized spacial score (nSPS) is 11.4. The van der Waals surface area contributed by atoms with Crippen LogP contribution in [0.15, 0.2) is 12.1 Å². The van der Waals surface area contributed by atoms with Crippen LogP contribution in [0.4, 0.5) is 0 Å². The molecule has 2 rings (SSSR count). The van der Waals surface area contributed by atoms with Gasteiger partial charge in [0.1, 0.15) is 11.0 Å². The Hall–Kier alpha value is -0.860. The molecule has 0 bridgehead atoms. The maximum Gasteiger partial charge on any atom is 0.140 e. The van der Waals surface area contributed by atoms with Gasteiger partial charge in [-0.25, -0.2) is 9.97 Å². The summed E-state index contributed by atoms with van der Waals surface area (Å²) in [6.07, 6.45) is 0. The minimum absolute atomic E-state index is 0.235. The second-order valence-corrected chi connectivity index (χ2v) is 4.88. The lowest BCUT2D eigenvalue weighted by atomic mass is 10.1. The first-order valence-electron chi connectivity index (χ1n) is 5.13. The van der Waals surface area contributed by atoms with Gasteiger partial charge in [0, 0.05) is 11.3 Å². The standard InChI is InChI=1S/C12H12Cl2N2/c1-6(2)12-15-10-8(13)5-4-7(3)9(10)11(14)16-12/h4-6H,1-3H3. The Bertz CT molecular complexity index is 550. The van der Waals surface area contributed by atoms with Crippen molar-refractivity contribution in [2.45, 2.75) is 26.7 Å². The van der Waals surface area contributed by atoms with Crippen LogP contribution in [-0.2, 0) is 0 Å². The van der Waals surface area contributed by atoms with E-state index in [1.165, 1.54) is 0 Å². The maximum absolute atomic E-state index is 6.17. The third-order valence-electron chi connectivity index (χ3n) is 2.50. The van der Waals surface area contributed by atoms with Crippen LogP contribution in [0.3, 0.4) is 0 Å². The van der Waals surface area contributed by atoms with Crippen molar-refractivity contribution in [3.05, 3.63) is 33.7 Å². The van der Waals surface area contributed by atoms with Crippen LogP contribution >= 0.6 is 23.2 Å². The molecule has 0 spiro atoms. The van der Waals surface area contributed by atoms with Gasteiger partial charge in [0.25, 0.3) is 0 Å². The van der Waals surface area contributed by atoms with Crippen LogP contribution in [0.25, 0.3) is 10.9 Å². The first-order valence-corrected chi connectivity index (χ1v) is 5.88. The first kappa shape index (κ1) is 11.6. The SMILES string of the molecule is Cc1ccc(Cl)c2nc(C(C)C)nc(Cl)c12. The van der Waals surface area contributed by atoms with Crippen molar-refractivity contribution in [1.82, 2.24) is 9.97 Å². The first-order chi connectivity index (χ1) is 7.50. The fourth-order valence-corrected chi connectivity index (χ4v) is 2.12. The molecule has 1 aromatic heterocycles. The summed E-state index contributed by atoms with van der Waals surface area (Å²) in [6, 6.07) is 3.77. The molecule has 0 aliphatic rings. The highest BCUT2D eigenvalue weighted by Gasteiger charge is 2.12. The number of halogens is 2. The molecule has 1 heterocycles. The molecule has 0 atom stereocenters. The Morgan fingerprint density at radius 3 is 2.44 bits per heavy atom. The lowest BCUT2D eigenvalue weighted by molar-refractivity contribution is 0.783. The molecule has 84 valence electrons. The Labute approximate surface area is 105 Å². The van der Waals surface area contributed by atoms with E-state index in [2.05, 4.69) is 9.97 Å². The van der Waals surface area contributed by atoms with E-state index in [-0.39, 0.29) is 5.92 Å². The van der Waals surface area contributed by atoms with E-state index in [4.69, 9.17) is 23.2 Å². The number of benzene rings is 1. The number of nitrogens with zero attached hydrogens (tertiary/aromatic N) is 2. The minimum atomic E-state index is 0.235. The highest BCUT2D eigenvalue weighted by Crippen LogP contribution is 2.30. The molecule has 0 fully saturated rings. The van der Waals surface area contributed by atoms with Gasteiger partial charge in [-0.1, -0.05) is 43.1 Å². The van der Waals surface area contributed by atoms with Gasteiger partial charge in [-0.3, -0.25) is 0 Å². The van der Waals surface area contributed by atoms with E-state index in [0.717, 1.165) is 22.3 Å². The smallest absolute Gasteiger partial charge is 0.140 e. The summed E-state index contributed by atoms with van der Waals surface area (Å²) in [6.45, 7) is 6.03. The van der Waals surface area contributed by atoms with Gasteiger partial charge in [-0.15, -0.1) is 0 Å². The second kappa shape index (κ2) is 4.19. The monoisotopic (exact) mass is 254 g/mol. The van der Waals surface area contributed by atoms with Crippen LogP contribution < -0.4 is 0 Å². The zero-order valence-electron chi connectivity index (χ0n) is 9.38. The molecule has 0 N–H and O–H groups in total. The summed E-state index contributed by atoms with van der Waals surface area (Å²) >= 11 is 12.3.